The molecule has 4 unspecified atom stereocenters. The highest BCUT2D eigenvalue weighted by atomic mass is 19.4. The van der Waals surface area contributed by atoms with Crippen LogP contribution >= 0.6 is 0 Å². The number of aromatic nitrogens is 5. The SMILES string of the molecule is Cc1ccc(C(=O)N2C3CCC2C2C3N2c2cnc(C(F)(F)F)cn2)c(-n2nccn2)c1F. The third-order valence-electron chi connectivity index (χ3n) is 6.75. The highest BCUT2D eigenvalue weighted by molar-refractivity contribution is 5.99. The number of carbonyl (C=O) groups is 1. The van der Waals surface area contributed by atoms with Crippen LogP contribution in [0.25, 0.3) is 5.69 Å². The molecule has 2 bridgehead atoms. The summed E-state index contributed by atoms with van der Waals surface area (Å²) in [5.41, 5.74) is -0.485. The lowest BCUT2D eigenvalue weighted by molar-refractivity contribution is -0.141. The molecule has 5 heterocycles. The Morgan fingerprint density at radius 2 is 1.70 bits per heavy atom. The summed E-state index contributed by atoms with van der Waals surface area (Å²) in [6.07, 6.45) is 1.64. The van der Waals surface area contributed by atoms with E-state index in [1.54, 1.807) is 24.0 Å². The summed E-state index contributed by atoms with van der Waals surface area (Å²) in [6.45, 7) is 1.61. The third kappa shape index (κ3) is 2.85. The van der Waals surface area contributed by atoms with E-state index in [-0.39, 0.29) is 41.3 Å². The summed E-state index contributed by atoms with van der Waals surface area (Å²) >= 11 is 0. The predicted octanol–water partition coefficient (Wildman–Crippen LogP) is 2.77. The zero-order chi connectivity index (χ0) is 23.1. The number of hydrogen-bond acceptors (Lipinski definition) is 6. The van der Waals surface area contributed by atoms with Crippen LogP contribution in [-0.4, -0.2) is 59.9 Å². The number of fused-ring (bicyclic) bond motifs is 5. The molecule has 0 radical (unpaired) electrons. The molecule has 12 heteroatoms. The van der Waals surface area contributed by atoms with Crippen molar-refractivity contribution in [3.63, 3.8) is 0 Å². The average molecular weight is 459 g/mol. The van der Waals surface area contributed by atoms with Gasteiger partial charge in [0.25, 0.3) is 5.91 Å². The number of carbonyl (C=O) groups excluding carboxylic acids is 1. The lowest BCUT2D eigenvalue weighted by Crippen LogP contribution is -2.43. The molecule has 3 aromatic rings. The number of aryl methyl sites for hydroxylation is 1. The number of rotatable bonds is 3. The van der Waals surface area contributed by atoms with Crippen LogP contribution in [0, 0.1) is 12.7 Å². The fraction of sp³-hybridized carbons (Fsp3) is 0.381. The summed E-state index contributed by atoms with van der Waals surface area (Å²) < 4.78 is 53.4. The van der Waals surface area contributed by atoms with E-state index in [4.69, 9.17) is 0 Å². The van der Waals surface area contributed by atoms with Crippen molar-refractivity contribution in [3.05, 3.63) is 59.6 Å². The minimum absolute atomic E-state index is 0.00966. The number of hydrogen-bond donors (Lipinski definition) is 0. The zero-order valence-electron chi connectivity index (χ0n) is 17.2. The van der Waals surface area contributed by atoms with Crippen LogP contribution in [0.1, 0.15) is 34.5 Å². The largest absolute Gasteiger partial charge is 0.434 e. The molecule has 3 saturated heterocycles. The van der Waals surface area contributed by atoms with E-state index in [2.05, 4.69) is 20.2 Å². The summed E-state index contributed by atoms with van der Waals surface area (Å²) in [5.74, 6) is -0.500. The third-order valence-corrected chi connectivity index (χ3v) is 6.75. The van der Waals surface area contributed by atoms with Gasteiger partial charge in [0.2, 0.25) is 0 Å². The predicted molar refractivity (Wildman–Crippen MR) is 106 cm³/mol. The van der Waals surface area contributed by atoms with Crippen LogP contribution in [0.3, 0.4) is 0 Å². The molecule has 8 nitrogen and oxygen atoms in total. The molecular weight excluding hydrogens is 442 g/mol. The van der Waals surface area contributed by atoms with Crippen LogP contribution in [0.2, 0.25) is 0 Å². The van der Waals surface area contributed by atoms with Crippen molar-refractivity contribution in [3.8, 4) is 5.69 Å². The molecule has 33 heavy (non-hydrogen) atoms. The van der Waals surface area contributed by atoms with Gasteiger partial charge in [-0.1, -0.05) is 6.07 Å². The molecular formula is C21H17F4N7O. The van der Waals surface area contributed by atoms with Crippen molar-refractivity contribution in [2.75, 3.05) is 4.90 Å². The van der Waals surface area contributed by atoms with Gasteiger partial charge in [0, 0.05) is 0 Å². The quantitative estimate of drug-likeness (QED) is 0.443. The monoisotopic (exact) mass is 459 g/mol. The lowest BCUT2D eigenvalue weighted by atomic mass is 10.0. The topological polar surface area (TPSA) is 79.8 Å². The Labute approximate surface area is 184 Å². The Hall–Kier alpha value is -3.57. The molecule has 0 spiro atoms. The van der Waals surface area contributed by atoms with Crippen LogP contribution in [0.4, 0.5) is 23.4 Å². The highest BCUT2D eigenvalue weighted by Gasteiger charge is 2.69. The van der Waals surface area contributed by atoms with Gasteiger partial charge in [0.1, 0.15) is 11.5 Å². The lowest BCUT2D eigenvalue weighted by Gasteiger charge is -2.29. The van der Waals surface area contributed by atoms with Crippen LogP contribution in [0.5, 0.6) is 0 Å². The van der Waals surface area contributed by atoms with Crippen molar-refractivity contribution in [1.29, 1.82) is 0 Å². The van der Waals surface area contributed by atoms with E-state index >= 15 is 0 Å². The molecule has 1 amide bonds. The molecule has 3 aliphatic rings. The molecule has 3 fully saturated rings. The first-order valence-electron chi connectivity index (χ1n) is 10.4. The number of benzene rings is 1. The van der Waals surface area contributed by atoms with Gasteiger partial charge in [-0.15, -0.1) is 4.80 Å². The Morgan fingerprint density at radius 3 is 2.27 bits per heavy atom. The molecule has 2 aromatic heterocycles. The van der Waals surface area contributed by atoms with Crippen LogP contribution < -0.4 is 4.90 Å². The normalized spacial score (nSPS) is 25.5. The Kier molecular flexibility index (Phi) is 4.08. The van der Waals surface area contributed by atoms with Gasteiger partial charge in [-0.05, 0) is 31.4 Å². The van der Waals surface area contributed by atoms with Gasteiger partial charge in [0.15, 0.2) is 11.5 Å². The maximum atomic E-state index is 15.0. The molecule has 6 rings (SSSR count). The first kappa shape index (κ1) is 20.1. The van der Waals surface area contributed by atoms with E-state index in [9.17, 15) is 22.4 Å². The summed E-state index contributed by atoms with van der Waals surface area (Å²) in [5, 5.41) is 8.01. The van der Waals surface area contributed by atoms with E-state index in [1.165, 1.54) is 12.4 Å². The van der Waals surface area contributed by atoms with Gasteiger partial charge >= 0.3 is 6.18 Å². The van der Waals surface area contributed by atoms with Gasteiger partial charge in [0.05, 0.1) is 54.5 Å². The molecule has 0 aliphatic carbocycles. The van der Waals surface area contributed by atoms with Crippen LogP contribution in [0.15, 0.2) is 36.9 Å². The van der Waals surface area contributed by atoms with E-state index in [0.717, 1.165) is 30.0 Å². The van der Waals surface area contributed by atoms with E-state index in [0.29, 0.717) is 11.4 Å². The second kappa shape index (κ2) is 6.72. The first-order valence-corrected chi connectivity index (χ1v) is 10.4. The number of halogens is 4. The molecule has 0 N–H and O–H groups in total. The van der Waals surface area contributed by atoms with Crippen molar-refractivity contribution in [2.24, 2.45) is 0 Å². The highest BCUT2D eigenvalue weighted by Crippen LogP contribution is 2.54. The second-order valence-electron chi connectivity index (χ2n) is 8.48. The summed E-state index contributed by atoms with van der Waals surface area (Å²) in [6, 6.07) is 2.78. The maximum absolute atomic E-state index is 15.0. The maximum Gasteiger partial charge on any atom is 0.434 e. The van der Waals surface area contributed by atoms with Gasteiger partial charge in [-0.2, -0.15) is 23.4 Å². The van der Waals surface area contributed by atoms with Gasteiger partial charge < -0.3 is 9.80 Å². The van der Waals surface area contributed by atoms with Crippen molar-refractivity contribution in [2.45, 2.75) is 50.1 Å². The molecule has 4 atom stereocenters. The standard InChI is InChI=1S/C21H17F4N7O/c1-10-2-3-11(17(16(10)22)32-28-6-7-29-32)20(33)30-12-4-5-13(30)19-18(12)31(19)15-9-26-14(8-27-15)21(23,24)25/h2-3,6-9,12-13,18-19H,4-5H2,1H3. The van der Waals surface area contributed by atoms with E-state index < -0.39 is 17.7 Å². The smallest absolute Gasteiger partial charge is 0.341 e. The van der Waals surface area contributed by atoms with Gasteiger partial charge in [-0.25, -0.2) is 14.4 Å². The number of anilines is 1. The first-order chi connectivity index (χ1) is 15.8. The minimum atomic E-state index is -4.55. The number of alkyl halides is 3. The molecule has 0 saturated carbocycles. The van der Waals surface area contributed by atoms with E-state index in [1.807, 2.05) is 4.90 Å². The Morgan fingerprint density at radius 1 is 1.03 bits per heavy atom. The molecule has 1 aromatic carbocycles. The number of amides is 1. The molecule has 170 valence electrons. The fourth-order valence-corrected chi connectivity index (χ4v) is 5.34. The Balaban J connectivity index is 1.29. The number of nitrogens with zero attached hydrogens (tertiary/aromatic N) is 7. The Bertz CT molecular complexity index is 1230. The van der Waals surface area contributed by atoms with Gasteiger partial charge in [-0.3, -0.25) is 4.79 Å². The summed E-state index contributed by atoms with van der Waals surface area (Å²) in [7, 11) is 0. The molecule has 3 aliphatic heterocycles. The van der Waals surface area contributed by atoms with Crippen molar-refractivity contribution >= 4 is 11.7 Å². The average Bonchev–Trinajstić information content (AvgIpc) is 3.12. The minimum Gasteiger partial charge on any atom is -0.341 e. The zero-order valence-corrected chi connectivity index (χ0v) is 17.2. The van der Waals surface area contributed by atoms with Crippen LogP contribution in [-0.2, 0) is 6.18 Å². The second-order valence-corrected chi connectivity index (χ2v) is 8.48. The fourth-order valence-electron chi connectivity index (χ4n) is 5.34. The number of piperazine rings is 1. The van der Waals surface area contributed by atoms with Crippen molar-refractivity contribution < 1.29 is 22.4 Å². The summed E-state index contributed by atoms with van der Waals surface area (Å²) in [4.78, 5) is 25.8. The van der Waals surface area contributed by atoms with Crippen molar-refractivity contribution in [1.82, 2.24) is 29.9 Å².